The number of carbonyl (C=O) groups excluding carboxylic acids is 1. The van der Waals surface area contributed by atoms with Gasteiger partial charge in [-0.25, -0.2) is 4.98 Å². The van der Waals surface area contributed by atoms with Crippen molar-refractivity contribution < 1.29 is 4.79 Å². The number of nitrogens with zero attached hydrogens (tertiary/aromatic N) is 3. The zero-order valence-electron chi connectivity index (χ0n) is 13.4. The molecule has 0 aliphatic carbocycles. The number of aromatic amines is 1. The van der Waals surface area contributed by atoms with E-state index in [1.54, 1.807) is 0 Å². The average molecular weight is 309 g/mol. The summed E-state index contributed by atoms with van der Waals surface area (Å²) < 4.78 is 1.86. The number of hydrogen-bond acceptors (Lipinski definition) is 3. The molecule has 0 aliphatic heterocycles. The quantitative estimate of drug-likeness (QED) is 0.776. The van der Waals surface area contributed by atoms with Crippen LogP contribution in [-0.2, 0) is 7.05 Å². The summed E-state index contributed by atoms with van der Waals surface area (Å²) in [4.78, 5) is 17.0. The van der Waals surface area contributed by atoms with Crippen molar-refractivity contribution >= 4 is 5.91 Å². The third kappa shape index (κ3) is 3.01. The second-order valence-electron chi connectivity index (χ2n) is 5.52. The van der Waals surface area contributed by atoms with Crippen molar-refractivity contribution in [3.63, 3.8) is 0 Å². The summed E-state index contributed by atoms with van der Waals surface area (Å²) in [6, 6.07) is 13.0. The zero-order chi connectivity index (χ0) is 16.4. The average Bonchev–Trinajstić information content (AvgIpc) is 3.12. The lowest BCUT2D eigenvalue weighted by Gasteiger charge is -2.16. The van der Waals surface area contributed by atoms with Crippen molar-refractivity contribution in [2.75, 3.05) is 0 Å². The molecule has 6 nitrogen and oxygen atoms in total. The van der Waals surface area contributed by atoms with Crippen LogP contribution < -0.4 is 5.32 Å². The topological polar surface area (TPSA) is 75.6 Å². The van der Waals surface area contributed by atoms with E-state index in [1.807, 2.05) is 67.9 Å². The number of nitrogens with one attached hydrogen (secondary N) is 2. The van der Waals surface area contributed by atoms with Gasteiger partial charge in [0, 0.05) is 12.7 Å². The Bertz CT molecular complexity index is 819. The van der Waals surface area contributed by atoms with Gasteiger partial charge in [0.05, 0.1) is 0 Å². The Hall–Kier alpha value is -2.89. The van der Waals surface area contributed by atoms with Gasteiger partial charge in [0.2, 0.25) is 0 Å². The molecule has 23 heavy (non-hydrogen) atoms. The Morgan fingerprint density at radius 3 is 2.48 bits per heavy atom. The molecule has 1 atom stereocenters. The normalized spacial score (nSPS) is 12.1. The summed E-state index contributed by atoms with van der Waals surface area (Å²) in [5.41, 5.74) is 2.57. The molecule has 1 unspecified atom stereocenters. The van der Waals surface area contributed by atoms with Crippen molar-refractivity contribution in [1.29, 1.82) is 0 Å². The minimum absolute atomic E-state index is 0.156. The highest BCUT2D eigenvalue weighted by molar-refractivity contribution is 5.93. The lowest BCUT2D eigenvalue weighted by molar-refractivity contribution is 0.0933. The molecule has 0 bridgehead atoms. The standard InChI is InChI=1S/C17H19N5O/c1-11-9-10-14(22(11)3)17(23)19-15(13-7-5-4-6-8-13)16-18-12(2)20-21-16/h4-10,15H,1-3H3,(H,19,23)(H,18,20,21). The van der Waals surface area contributed by atoms with Gasteiger partial charge in [-0.05, 0) is 31.5 Å². The Balaban J connectivity index is 1.93. The van der Waals surface area contributed by atoms with Gasteiger partial charge in [-0.3, -0.25) is 9.89 Å². The van der Waals surface area contributed by atoms with Crippen molar-refractivity contribution in [1.82, 2.24) is 25.1 Å². The van der Waals surface area contributed by atoms with Crippen LogP contribution in [0.25, 0.3) is 0 Å². The first kappa shape index (κ1) is 15.0. The van der Waals surface area contributed by atoms with Crippen LogP contribution in [0.1, 0.15) is 39.4 Å². The smallest absolute Gasteiger partial charge is 0.268 e. The minimum atomic E-state index is -0.399. The molecular formula is C17H19N5O. The largest absolute Gasteiger partial charge is 0.344 e. The van der Waals surface area contributed by atoms with Crippen LogP contribution >= 0.6 is 0 Å². The minimum Gasteiger partial charge on any atom is -0.344 e. The van der Waals surface area contributed by atoms with Crippen LogP contribution in [0.2, 0.25) is 0 Å². The van der Waals surface area contributed by atoms with Gasteiger partial charge in [0.15, 0.2) is 5.82 Å². The SMILES string of the molecule is Cc1nc(C(NC(=O)c2ccc(C)n2C)c2ccccc2)n[nH]1. The second-order valence-corrected chi connectivity index (χ2v) is 5.52. The zero-order valence-corrected chi connectivity index (χ0v) is 13.4. The van der Waals surface area contributed by atoms with Gasteiger partial charge in [-0.15, -0.1) is 0 Å². The van der Waals surface area contributed by atoms with E-state index in [2.05, 4.69) is 20.5 Å². The first-order chi connectivity index (χ1) is 11.1. The first-order valence-corrected chi connectivity index (χ1v) is 7.43. The molecule has 0 saturated heterocycles. The monoisotopic (exact) mass is 309 g/mol. The predicted octanol–water partition coefficient (Wildman–Crippen LogP) is 2.28. The number of amides is 1. The van der Waals surface area contributed by atoms with E-state index in [1.165, 1.54) is 0 Å². The highest BCUT2D eigenvalue weighted by Gasteiger charge is 2.22. The van der Waals surface area contributed by atoms with Gasteiger partial charge >= 0.3 is 0 Å². The van der Waals surface area contributed by atoms with Crippen LogP contribution in [0.15, 0.2) is 42.5 Å². The van der Waals surface area contributed by atoms with Crippen LogP contribution in [0.4, 0.5) is 0 Å². The molecule has 3 aromatic rings. The number of hydrogen-bond donors (Lipinski definition) is 2. The number of H-pyrrole nitrogens is 1. The molecule has 0 saturated carbocycles. The maximum Gasteiger partial charge on any atom is 0.268 e. The van der Waals surface area contributed by atoms with Crippen LogP contribution in [0, 0.1) is 13.8 Å². The molecule has 2 heterocycles. The molecule has 0 radical (unpaired) electrons. The summed E-state index contributed by atoms with van der Waals surface area (Å²) in [5.74, 6) is 1.11. The van der Waals surface area contributed by atoms with E-state index in [4.69, 9.17) is 0 Å². The van der Waals surface area contributed by atoms with Gasteiger partial charge in [-0.2, -0.15) is 5.10 Å². The Labute approximate surface area is 134 Å². The van der Waals surface area contributed by atoms with Crippen LogP contribution in [-0.4, -0.2) is 25.7 Å². The van der Waals surface area contributed by atoms with Crippen molar-refractivity contribution in [2.24, 2.45) is 7.05 Å². The van der Waals surface area contributed by atoms with Gasteiger partial charge in [-0.1, -0.05) is 30.3 Å². The fraction of sp³-hybridized carbons (Fsp3) is 0.235. The molecule has 6 heteroatoms. The Morgan fingerprint density at radius 1 is 1.17 bits per heavy atom. The summed E-state index contributed by atoms with van der Waals surface area (Å²) in [7, 11) is 1.87. The molecule has 2 aromatic heterocycles. The van der Waals surface area contributed by atoms with Crippen molar-refractivity contribution in [3.05, 3.63) is 71.1 Å². The lowest BCUT2D eigenvalue weighted by Crippen LogP contribution is -2.31. The molecular weight excluding hydrogens is 290 g/mol. The molecule has 2 N–H and O–H groups in total. The first-order valence-electron chi connectivity index (χ1n) is 7.43. The second kappa shape index (κ2) is 6.08. The maximum absolute atomic E-state index is 12.6. The van der Waals surface area contributed by atoms with E-state index in [-0.39, 0.29) is 5.91 Å². The van der Waals surface area contributed by atoms with E-state index >= 15 is 0 Å². The van der Waals surface area contributed by atoms with Crippen LogP contribution in [0.3, 0.4) is 0 Å². The van der Waals surface area contributed by atoms with Crippen molar-refractivity contribution in [2.45, 2.75) is 19.9 Å². The summed E-state index contributed by atoms with van der Waals surface area (Å²) in [5, 5.41) is 10.1. The van der Waals surface area contributed by atoms with Crippen molar-refractivity contribution in [3.8, 4) is 0 Å². The molecule has 118 valence electrons. The molecule has 0 fully saturated rings. The summed E-state index contributed by atoms with van der Waals surface area (Å²) in [6.45, 7) is 3.80. The predicted molar refractivity (Wildman–Crippen MR) is 87.0 cm³/mol. The van der Waals surface area contributed by atoms with E-state index in [0.29, 0.717) is 17.3 Å². The molecule has 1 amide bonds. The maximum atomic E-state index is 12.6. The van der Waals surface area contributed by atoms with Gasteiger partial charge < -0.3 is 9.88 Å². The third-order valence-electron chi connectivity index (χ3n) is 3.89. The highest BCUT2D eigenvalue weighted by Crippen LogP contribution is 2.19. The van der Waals surface area contributed by atoms with Crippen LogP contribution in [0.5, 0.6) is 0 Å². The summed E-state index contributed by atoms with van der Waals surface area (Å²) in [6.07, 6.45) is 0. The lowest BCUT2D eigenvalue weighted by atomic mass is 10.1. The van der Waals surface area contributed by atoms with Gasteiger partial charge in [0.1, 0.15) is 17.6 Å². The molecule has 0 aliphatic rings. The van der Waals surface area contributed by atoms with E-state index in [9.17, 15) is 4.79 Å². The highest BCUT2D eigenvalue weighted by atomic mass is 16.2. The summed E-state index contributed by atoms with van der Waals surface area (Å²) >= 11 is 0. The number of rotatable bonds is 4. The molecule has 1 aromatic carbocycles. The fourth-order valence-corrected chi connectivity index (χ4v) is 2.48. The third-order valence-corrected chi connectivity index (χ3v) is 3.89. The number of aromatic nitrogens is 4. The number of benzene rings is 1. The van der Waals surface area contributed by atoms with Gasteiger partial charge in [0.25, 0.3) is 5.91 Å². The Morgan fingerprint density at radius 2 is 1.91 bits per heavy atom. The van der Waals surface area contributed by atoms with E-state index in [0.717, 1.165) is 11.3 Å². The van der Waals surface area contributed by atoms with E-state index < -0.39 is 6.04 Å². The Kier molecular flexibility index (Phi) is 3.97. The molecule has 3 rings (SSSR count). The number of aryl methyl sites for hydroxylation is 2. The fourth-order valence-electron chi connectivity index (χ4n) is 2.48. The number of carbonyl (C=O) groups is 1. The molecule has 0 spiro atoms.